The van der Waals surface area contributed by atoms with Crippen molar-refractivity contribution in [2.45, 2.75) is 25.8 Å². The maximum absolute atomic E-state index is 13.5. The van der Waals surface area contributed by atoms with Crippen molar-refractivity contribution in [3.63, 3.8) is 0 Å². The van der Waals surface area contributed by atoms with Gasteiger partial charge in [-0.2, -0.15) is 0 Å². The van der Waals surface area contributed by atoms with Gasteiger partial charge >= 0.3 is 0 Å². The van der Waals surface area contributed by atoms with Gasteiger partial charge in [-0.3, -0.25) is 4.79 Å². The Morgan fingerprint density at radius 2 is 2.17 bits per heavy atom. The quantitative estimate of drug-likeness (QED) is 0.844. The van der Waals surface area contributed by atoms with Crippen LogP contribution in [0.2, 0.25) is 0 Å². The van der Waals surface area contributed by atoms with Gasteiger partial charge in [0.05, 0.1) is 5.56 Å². The first kappa shape index (κ1) is 13.0. The van der Waals surface area contributed by atoms with Crippen LogP contribution < -0.4 is 10.6 Å². The Balaban J connectivity index is 2.10. The second-order valence-corrected chi connectivity index (χ2v) is 4.60. The Bertz CT molecular complexity index is 457. The molecule has 0 radical (unpaired) electrons. The molecule has 1 unspecified atom stereocenters. The van der Waals surface area contributed by atoms with E-state index in [1.165, 1.54) is 13.0 Å². The van der Waals surface area contributed by atoms with Gasteiger partial charge < -0.3 is 10.6 Å². The van der Waals surface area contributed by atoms with Gasteiger partial charge in [0.15, 0.2) is 0 Å². The molecule has 3 nitrogen and oxygen atoms in total. The number of piperidine rings is 1. The highest BCUT2D eigenvalue weighted by molar-refractivity contribution is 5.94. The molecule has 1 saturated heterocycles. The molecule has 18 heavy (non-hydrogen) atoms. The maximum Gasteiger partial charge on any atom is 0.254 e. The molecule has 1 amide bonds. The van der Waals surface area contributed by atoms with E-state index in [-0.39, 0.29) is 17.2 Å². The van der Waals surface area contributed by atoms with Crippen LogP contribution in [0, 0.1) is 18.6 Å². The van der Waals surface area contributed by atoms with E-state index in [2.05, 4.69) is 10.6 Å². The van der Waals surface area contributed by atoms with Gasteiger partial charge in [0.2, 0.25) is 0 Å². The third-order valence-electron chi connectivity index (χ3n) is 3.13. The summed E-state index contributed by atoms with van der Waals surface area (Å²) in [6.07, 6.45) is 1.86. The highest BCUT2D eigenvalue weighted by atomic mass is 19.1. The molecule has 0 aliphatic carbocycles. The van der Waals surface area contributed by atoms with Crippen molar-refractivity contribution in [3.05, 3.63) is 34.9 Å². The lowest BCUT2D eigenvalue weighted by molar-refractivity contribution is 0.0926. The minimum Gasteiger partial charge on any atom is -0.348 e. The molecule has 98 valence electrons. The molecule has 1 atom stereocenters. The van der Waals surface area contributed by atoms with Crippen LogP contribution in [0.1, 0.15) is 28.8 Å². The SMILES string of the molecule is Cc1cc(C(=O)NC2CCCNC2)c(F)cc1F. The number of hydrogen-bond donors (Lipinski definition) is 2. The van der Waals surface area contributed by atoms with Crippen LogP contribution >= 0.6 is 0 Å². The zero-order chi connectivity index (χ0) is 13.1. The van der Waals surface area contributed by atoms with Crippen LogP contribution in [0.25, 0.3) is 0 Å². The second-order valence-electron chi connectivity index (χ2n) is 4.60. The van der Waals surface area contributed by atoms with Crippen molar-refractivity contribution in [1.82, 2.24) is 10.6 Å². The Labute approximate surface area is 105 Å². The first-order valence-corrected chi connectivity index (χ1v) is 6.05. The number of nitrogens with one attached hydrogen (secondary N) is 2. The Morgan fingerprint density at radius 3 is 2.83 bits per heavy atom. The zero-order valence-corrected chi connectivity index (χ0v) is 10.2. The van der Waals surface area contributed by atoms with Crippen LogP contribution in [0.4, 0.5) is 8.78 Å². The molecule has 0 saturated carbocycles. The van der Waals surface area contributed by atoms with E-state index in [1.54, 1.807) is 0 Å². The van der Waals surface area contributed by atoms with Gasteiger partial charge in [-0.15, -0.1) is 0 Å². The summed E-state index contributed by atoms with van der Waals surface area (Å²) in [6, 6.07) is 2.01. The molecule has 0 spiro atoms. The van der Waals surface area contributed by atoms with E-state index < -0.39 is 17.5 Å². The molecule has 2 rings (SSSR count). The lowest BCUT2D eigenvalue weighted by atomic mass is 10.1. The van der Waals surface area contributed by atoms with Crippen LogP contribution in [-0.2, 0) is 0 Å². The summed E-state index contributed by atoms with van der Waals surface area (Å²) in [5.41, 5.74) is 0.169. The monoisotopic (exact) mass is 254 g/mol. The summed E-state index contributed by atoms with van der Waals surface area (Å²) in [5.74, 6) is -1.94. The predicted octanol–water partition coefficient (Wildman–Crippen LogP) is 1.76. The third-order valence-corrected chi connectivity index (χ3v) is 3.13. The Hall–Kier alpha value is -1.49. The number of benzene rings is 1. The number of aryl methyl sites for hydroxylation is 1. The van der Waals surface area contributed by atoms with Crippen molar-refractivity contribution >= 4 is 5.91 Å². The minimum atomic E-state index is -0.820. The fourth-order valence-corrected chi connectivity index (χ4v) is 2.07. The van der Waals surface area contributed by atoms with Crippen molar-refractivity contribution in [2.75, 3.05) is 13.1 Å². The zero-order valence-electron chi connectivity index (χ0n) is 10.2. The van der Waals surface area contributed by atoms with E-state index in [9.17, 15) is 13.6 Å². The number of carbonyl (C=O) groups excluding carboxylic acids is 1. The number of carbonyl (C=O) groups is 1. The van der Waals surface area contributed by atoms with E-state index in [4.69, 9.17) is 0 Å². The Kier molecular flexibility index (Phi) is 3.91. The molecule has 5 heteroatoms. The average Bonchev–Trinajstić information content (AvgIpc) is 2.35. The molecule has 1 aromatic carbocycles. The standard InChI is InChI=1S/C13H16F2N2O/c1-8-5-10(12(15)6-11(8)14)13(18)17-9-3-2-4-16-7-9/h5-6,9,16H,2-4,7H2,1H3,(H,17,18). The van der Waals surface area contributed by atoms with Gasteiger partial charge in [-0.05, 0) is 37.9 Å². The third kappa shape index (κ3) is 2.85. The summed E-state index contributed by atoms with van der Waals surface area (Å²) >= 11 is 0. The van der Waals surface area contributed by atoms with Crippen molar-refractivity contribution < 1.29 is 13.6 Å². The second kappa shape index (κ2) is 5.44. The van der Waals surface area contributed by atoms with E-state index in [0.717, 1.165) is 25.5 Å². The topological polar surface area (TPSA) is 41.1 Å². The van der Waals surface area contributed by atoms with Crippen LogP contribution in [0.5, 0.6) is 0 Å². The van der Waals surface area contributed by atoms with Crippen LogP contribution in [0.3, 0.4) is 0 Å². The predicted molar refractivity (Wildman–Crippen MR) is 64.5 cm³/mol. The van der Waals surface area contributed by atoms with Gasteiger partial charge in [-0.1, -0.05) is 0 Å². The fraction of sp³-hybridized carbons (Fsp3) is 0.462. The first-order valence-electron chi connectivity index (χ1n) is 6.05. The highest BCUT2D eigenvalue weighted by Crippen LogP contribution is 2.14. The molecule has 0 aromatic heterocycles. The molecular weight excluding hydrogens is 238 g/mol. The largest absolute Gasteiger partial charge is 0.348 e. The molecule has 1 heterocycles. The van der Waals surface area contributed by atoms with Crippen molar-refractivity contribution in [1.29, 1.82) is 0 Å². The molecule has 1 aromatic rings. The highest BCUT2D eigenvalue weighted by Gasteiger charge is 2.19. The van der Waals surface area contributed by atoms with Crippen LogP contribution in [-0.4, -0.2) is 25.0 Å². The molecule has 1 aliphatic heterocycles. The normalized spacial score (nSPS) is 19.6. The molecule has 1 fully saturated rings. The summed E-state index contributed by atoms with van der Waals surface area (Å²) in [7, 11) is 0. The maximum atomic E-state index is 13.5. The molecule has 0 bridgehead atoms. The van der Waals surface area contributed by atoms with Gasteiger partial charge in [-0.25, -0.2) is 8.78 Å². The Morgan fingerprint density at radius 1 is 1.39 bits per heavy atom. The molecular formula is C13H16F2N2O. The van der Waals surface area contributed by atoms with E-state index in [1.807, 2.05) is 0 Å². The summed E-state index contributed by atoms with van der Waals surface area (Å²) in [5, 5.41) is 5.92. The number of halogens is 2. The average molecular weight is 254 g/mol. The first-order chi connectivity index (χ1) is 8.58. The minimum absolute atomic E-state index is 0.0102. The number of amides is 1. The summed E-state index contributed by atoms with van der Waals surface area (Å²) < 4.78 is 26.6. The molecule has 2 N–H and O–H groups in total. The van der Waals surface area contributed by atoms with E-state index >= 15 is 0 Å². The van der Waals surface area contributed by atoms with Gasteiger partial charge in [0.25, 0.3) is 5.91 Å². The lowest BCUT2D eigenvalue weighted by Crippen LogP contribution is -2.45. The molecule has 1 aliphatic rings. The van der Waals surface area contributed by atoms with Crippen molar-refractivity contribution in [2.24, 2.45) is 0 Å². The van der Waals surface area contributed by atoms with Crippen molar-refractivity contribution in [3.8, 4) is 0 Å². The summed E-state index contributed by atoms with van der Waals surface area (Å²) in [6.45, 7) is 3.14. The smallest absolute Gasteiger partial charge is 0.254 e. The van der Waals surface area contributed by atoms with Crippen LogP contribution in [0.15, 0.2) is 12.1 Å². The number of rotatable bonds is 2. The lowest BCUT2D eigenvalue weighted by Gasteiger charge is -2.23. The fourth-order valence-electron chi connectivity index (χ4n) is 2.07. The summed E-state index contributed by atoms with van der Waals surface area (Å²) in [4.78, 5) is 11.9. The van der Waals surface area contributed by atoms with E-state index in [0.29, 0.717) is 6.54 Å². The number of hydrogen-bond acceptors (Lipinski definition) is 2. The van der Waals surface area contributed by atoms with Gasteiger partial charge in [0.1, 0.15) is 11.6 Å². The van der Waals surface area contributed by atoms with Gasteiger partial charge in [0, 0.05) is 18.7 Å².